The van der Waals surface area contributed by atoms with Gasteiger partial charge in [-0.15, -0.1) is 0 Å². The van der Waals surface area contributed by atoms with Crippen molar-refractivity contribution in [2.75, 3.05) is 26.5 Å². The first kappa shape index (κ1) is 19.5. The average Bonchev–Trinajstić information content (AvgIpc) is 3.32. The number of nitrogens with one attached hydrogen (secondary N) is 1. The smallest absolute Gasteiger partial charge is 0.211 e. The summed E-state index contributed by atoms with van der Waals surface area (Å²) in [5.74, 6) is 1.45. The molecule has 8 heteroatoms. The molecule has 7 nitrogen and oxygen atoms in total. The van der Waals surface area contributed by atoms with E-state index in [0.29, 0.717) is 18.8 Å². The van der Waals surface area contributed by atoms with E-state index in [2.05, 4.69) is 5.48 Å². The van der Waals surface area contributed by atoms with E-state index in [9.17, 15) is 8.42 Å². The molecule has 1 N–H and O–H groups in total. The monoisotopic (exact) mass is 408 g/mol. The molecule has 1 aromatic rings. The van der Waals surface area contributed by atoms with Crippen LogP contribution in [0.2, 0.25) is 0 Å². The lowest BCUT2D eigenvalue weighted by Crippen LogP contribution is -2.49. The van der Waals surface area contributed by atoms with Crippen molar-refractivity contribution in [3.05, 3.63) is 29.8 Å². The van der Waals surface area contributed by atoms with Gasteiger partial charge in [-0.1, -0.05) is 0 Å². The van der Waals surface area contributed by atoms with Crippen LogP contribution in [0, 0.1) is 0 Å². The topological polar surface area (TPSA) is 77.1 Å². The molecule has 0 aromatic heterocycles. The number of hydrogen-bond acceptors (Lipinski definition) is 6. The van der Waals surface area contributed by atoms with Crippen LogP contribution in [0.5, 0.6) is 11.5 Å². The number of ether oxygens (including phenoxy) is 2. The zero-order chi connectivity index (χ0) is 19.8. The van der Waals surface area contributed by atoms with Gasteiger partial charge in [0.05, 0.1) is 25.2 Å². The Hall–Kier alpha value is -1.77. The van der Waals surface area contributed by atoms with Crippen LogP contribution in [0.15, 0.2) is 24.3 Å². The third-order valence-electron chi connectivity index (χ3n) is 5.76. The van der Waals surface area contributed by atoms with E-state index in [1.165, 1.54) is 23.4 Å². The molecule has 0 bridgehead atoms. The van der Waals surface area contributed by atoms with Gasteiger partial charge in [0.25, 0.3) is 0 Å². The van der Waals surface area contributed by atoms with Crippen LogP contribution in [0.1, 0.15) is 44.1 Å². The van der Waals surface area contributed by atoms with Gasteiger partial charge in [-0.25, -0.2) is 8.42 Å². The predicted octanol–water partition coefficient (Wildman–Crippen LogP) is 2.69. The molecule has 1 spiro atoms. The Kier molecular flexibility index (Phi) is 5.28. The van der Waals surface area contributed by atoms with Gasteiger partial charge < -0.3 is 9.47 Å². The molecule has 154 valence electrons. The fraction of sp³-hybridized carbons (Fsp3) is 0.600. The van der Waals surface area contributed by atoms with Gasteiger partial charge in [-0.3, -0.25) is 10.3 Å². The van der Waals surface area contributed by atoms with Crippen LogP contribution in [0.3, 0.4) is 0 Å². The summed E-state index contributed by atoms with van der Waals surface area (Å²) in [4.78, 5) is 5.88. The highest BCUT2D eigenvalue weighted by atomic mass is 32.2. The molecule has 1 saturated carbocycles. The molecule has 1 aromatic carbocycles. The van der Waals surface area contributed by atoms with Crippen molar-refractivity contribution < 1.29 is 22.7 Å². The van der Waals surface area contributed by atoms with Gasteiger partial charge in [0.1, 0.15) is 5.60 Å². The van der Waals surface area contributed by atoms with Gasteiger partial charge in [0, 0.05) is 18.7 Å². The number of nitrogens with zero attached hydrogens (tertiary/aromatic N) is 1. The molecule has 28 heavy (non-hydrogen) atoms. The molecule has 0 radical (unpaired) electrons. The normalized spacial score (nSPS) is 26.3. The maximum absolute atomic E-state index is 12.0. The van der Waals surface area contributed by atoms with Gasteiger partial charge in [0.2, 0.25) is 10.0 Å². The number of hydroxylamine groups is 1. The lowest BCUT2D eigenvalue weighted by Gasteiger charge is -2.36. The van der Waals surface area contributed by atoms with Gasteiger partial charge in [0.15, 0.2) is 11.5 Å². The molecule has 3 aliphatic rings. The van der Waals surface area contributed by atoms with Crippen LogP contribution in [-0.4, -0.2) is 50.9 Å². The molecule has 2 fully saturated rings. The van der Waals surface area contributed by atoms with E-state index in [1.807, 2.05) is 24.3 Å². The lowest BCUT2D eigenvalue weighted by molar-refractivity contribution is -0.0614. The fourth-order valence-electron chi connectivity index (χ4n) is 4.24. The fourth-order valence-corrected chi connectivity index (χ4v) is 5.15. The average molecular weight is 409 g/mol. The summed E-state index contributed by atoms with van der Waals surface area (Å²) < 4.78 is 37.1. The number of rotatable bonds is 5. The van der Waals surface area contributed by atoms with Crippen LogP contribution in [0.4, 0.5) is 0 Å². The van der Waals surface area contributed by atoms with Crippen molar-refractivity contribution in [3.8, 4) is 11.5 Å². The Morgan fingerprint density at radius 2 is 2.00 bits per heavy atom. The third-order valence-corrected chi connectivity index (χ3v) is 7.01. The minimum atomic E-state index is -3.24. The summed E-state index contributed by atoms with van der Waals surface area (Å²) in [7, 11) is -1.60. The van der Waals surface area contributed by atoms with Crippen molar-refractivity contribution in [2.24, 2.45) is 0 Å². The third kappa shape index (κ3) is 3.99. The Balaban J connectivity index is 1.58. The molecule has 1 saturated heterocycles. The minimum absolute atomic E-state index is 0.235. The maximum atomic E-state index is 12.0. The highest BCUT2D eigenvalue weighted by Crippen LogP contribution is 2.38. The lowest BCUT2D eigenvalue weighted by atomic mass is 9.93. The van der Waals surface area contributed by atoms with Crippen molar-refractivity contribution in [3.63, 3.8) is 0 Å². The van der Waals surface area contributed by atoms with Gasteiger partial charge >= 0.3 is 0 Å². The second-order valence-electron chi connectivity index (χ2n) is 7.92. The largest absolute Gasteiger partial charge is 0.493 e. The standard InChI is InChI=1S/C20H28N2O5S/c1-25-18-9-8-15(12-19(18)26-16-6-3-4-7-16)17-13-20(27-21-17)10-5-11-22(14-20)28(2,23)24/h8-9,12-13,16,21H,3-7,10-11,14H2,1-2H3. The van der Waals surface area contributed by atoms with E-state index in [1.54, 1.807) is 7.11 Å². The Labute approximate surface area is 166 Å². The number of hydrogen-bond donors (Lipinski definition) is 1. The zero-order valence-electron chi connectivity index (χ0n) is 16.4. The SMILES string of the molecule is COc1ccc(C2=CC3(CCCN(S(C)(=O)=O)C3)ON2)cc1OC1CCCC1. The molecule has 2 aliphatic heterocycles. The Morgan fingerprint density at radius 3 is 2.71 bits per heavy atom. The van der Waals surface area contributed by atoms with Crippen LogP contribution in [0.25, 0.3) is 5.70 Å². The number of methoxy groups -OCH3 is 1. The number of sulfonamides is 1. The molecular weight excluding hydrogens is 380 g/mol. The molecule has 1 aliphatic carbocycles. The molecular formula is C20H28N2O5S. The Morgan fingerprint density at radius 1 is 1.21 bits per heavy atom. The van der Waals surface area contributed by atoms with E-state index in [4.69, 9.17) is 14.3 Å². The summed E-state index contributed by atoms with van der Waals surface area (Å²) >= 11 is 0. The minimum Gasteiger partial charge on any atom is -0.493 e. The molecule has 2 heterocycles. The summed E-state index contributed by atoms with van der Waals surface area (Å²) in [6.07, 6.45) is 9.57. The van der Waals surface area contributed by atoms with E-state index < -0.39 is 15.6 Å². The number of piperidine rings is 1. The predicted molar refractivity (Wildman–Crippen MR) is 106 cm³/mol. The molecule has 4 rings (SSSR count). The Bertz CT molecular complexity index is 863. The molecule has 1 unspecified atom stereocenters. The number of benzene rings is 1. The second kappa shape index (κ2) is 7.57. The molecule has 0 amide bonds. The van der Waals surface area contributed by atoms with E-state index >= 15 is 0 Å². The van der Waals surface area contributed by atoms with Crippen LogP contribution >= 0.6 is 0 Å². The zero-order valence-corrected chi connectivity index (χ0v) is 17.3. The first-order chi connectivity index (χ1) is 13.4. The maximum Gasteiger partial charge on any atom is 0.211 e. The van der Waals surface area contributed by atoms with Gasteiger partial charge in [-0.2, -0.15) is 4.31 Å². The van der Waals surface area contributed by atoms with E-state index in [0.717, 1.165) is 42.7 Å². The highest BCUT2D eigenvalue weighted by molar-refractivity contribution is 7.88. The summed E-state index contributed by atoms with van der Waals surface area (Å²) in [5.41, 5.74) is 4.13. The van der Waals surface area contributed by atoms with Crippen molar-refractivity contribution in [1.82, 2.24) is 9.79 Å². The van der Waals surface area contributed by atoms with Crippen molar-refractivity contribution >= 4 is 15.7 Å². The molecule has 1 atom stereocenters. The highest BCUT2D eigenvalue weighted by Gasteiger charge is 2.42. The van der Waals surface area contributed by atoms with Crippen LogP contribution in [-0.2, 0) is 14.9 Å². The second-order valence-corrected chi connectivity index (χ2v) is 9.90. The summed E-state index contributed by atoms with van der Waals surface area (Å²) in [5, 5.41) is 0. The van der Waals surface area contributed by atoms with Gasteiger partial charge in [-0.05, 0) is 62.8 Å². The van der Waals surface area contributed by atoms with Crippen molar-refractivity contribution in [2.45, 2.75) is 50.2 Å². The summed E-state index contributed by atoms with van der Waals surface area (Å²) in [6, 6.07) is 5.82. The first-order valence-corrected chi connectivity index (χ1v) is 11.7. The van der Waals surface area contributed by atoms with Crippen molar-refractivity contribution in [1.29, 1.82) is 0 Å². The van der Waals surface area contributed by atoms with E-state index in [-0.39, 0.29) is 6.10 Å². The first-order valence-electron chi connectivity index (χ1n) is 9.86. The summed E-state index contributed by atoms with van der Waals surface area (Å²) in [6.45, 7) is 0.860. The van der Waals surface area contributed by atoms with Crippen LogP contribution < -0.4 is 15.0 Å². The quantitative estimate of drug-likeness (QED) is 0.807.